The largest absolute Gasteiger partial charge is 0.309 e. The Kier molecular flexibility index (Phi) is 3.28. The molecular weight excluding hydrogens is 174 g/mol. The van der Waals surface area contributed by atoms with Gasteiger partial charge in [-0.3, -0.25) is 0 Å². The van der Waals surface area contributed by atoms with Crippen molar-refractivity contribution >= 4 is 18.0 Å². The van der Waals surface area contributed by atoms with Gasteiger partial charge in [0, 0.05) is 19.2 Å². The van der Waals surface area contributed by atoms with Crippen molar-refractivity contribution in [3.63, 3.8) is 0 Å². The third-order valence-electron chi connectivity index (χ3n) is 1.52. The monoisotopic (exact) mass is 185 g/mol. The average Bonchev–Trinajstić information content (AvgIpc) is 2.36. The minimum absolute atomic E-state index is 0.566. The molecule has 0 saturated carbocycles. The van der Waals surface area contributed by atoms with E-state index in [0.717, 1.165) is 23.0 Å². The predicted octanol–water partition coefficient (Wildman–Crippen LogP) is 0.805. The number of aryl methyl sites for hydroxylation is 1. The molecule has 0 radical (unpaired) electrons. The molecular formula is C7H11N3OS. The van der Waals surface area contributed by atoms with E-state index in [9.17, 15) is 4.79 Å². The molecule has 0 bridgehead atoms. The smallest absolute Gasteiger partial charge is 0.190 e. The van der Waals surface area contributed by atoms with Crippen LogP contribution in [-0.4, -0.2) is 26.8 Å². The molecule has 0 aliphatic heterocycles. The van der Waals surface area contributed by atoms with Crippen LogP contribution in [0.1, 0.15) is 12.2 Å². The number of hydrogen-bond acceptors (Lipinski definition) is 4. The van der Waals surface area contributed by atoms with Crippen LogP contribution >= 0.6 is 11.8 Å². The highest BCUT2D eigenvalue weighted by atomic mass is 32.2. The first-order valence-corrected chi connectivity index (χ1v) is 4.66. The van der Waals surface area contributed by atoms with Crippen molar-refractivity contribution in [2.45, 2.75) is 18.5 Å². The molecule has 0 atom stereocenters. The summed E-state index contributed by atoms with van der Waals surface area (Å²) >= 11 is 1.55. The molecule has 0 aliphatic rings. The molecule has 0 aromatic carbocycles. The number of hydrogen-bond donors (Lipinski definition) is 0. The first-order chi connectivity index (χ1) is 5.75. The second kappa shape index (κ2) is 4.25. The molecule has 12 heavy (non-hydrogen) atoms. The van der Waals surface area contributed by atoms with Crippen molar-refractivity contribution in [2.75, 3.05) is 5.75 Å². The van der Waals surface area contributed by atoms with Gasteiger partial charge in [-0.15, -0.1) is 10.2 Å². The van der Waals surface area contributed by atoms with Gasteiger partial charge < -0.3 is 9.36 Å². The maximum Gasteiger partial charge on any atom is 0.190 e. The fourth-order valence-corrected chi connectivity index (χ4v) is 1.53. The molecule has 4 nitrogen and oxygen atoms in total. The summed E-state index contributed by atoms with van der Waals surface area (Å²) in [5, 5.41) is 8.72. The summed E-state index contributed by atoms with van der Waals surface area (Å²) in [5.41, 5.74) is 0. The number of thioether (sulfide) groups is 1. The van der Waals surface area contributed by atoms with E-state index in [1.165, 1.54) is 0 Å². The van der Waals surface area contributed by atoms with Gasteiger partial charge in [0.05, 0.1) is 0 Å². The van der Waals surface area contributed by atoms with Crippen molar-refractivity contribution < 1.29 is 4.79 Å². The molecule has 0 spiro atoms. The average molecular weight is 185 g/mol. The fourth-order valence-electron chi connectivity index (χ4n) is 0.712. The third-order valence-corrected chi connectivity index (χ3v) is 2.57. The van der Waals surface area contributed by atoms with Gasteiger partial charge in [0.15, 0.2) is 5.16 Å². The molecule has 0 amide bonds. The van der Waals surface area contributed by atoms with Gasteiger partial charge in [0.2, 0.25) is 0 Å². The van der Waals surface area contributed by atoms with E-state index in [-0.39, 0.29) is 0 Å². The number of rotatable bonds is 4. The van der Waals surface area contributed by atoms with Crippen LogP contribution < -0.4 is 0 Å². The van der Waals surface area contributed by atoms with E-state index >= 15 is 0 Å². The minimum atomic E-state index is 0.566. The van der Waals surface area contributed by atoms with Gasteiger partial charge in [-0.25, -0.2) is 0 Å². The van der Waals surface area contributed by atoms with Crippen molar-refractivity contribution in [3.8, 4) is 0 Å². The number of aromatic nitrogens is 3. The number of nitrogens with zero attached hydrogens (tertiary/aromatic N) is 3. The van der Waals surface area contributed by atoms with Crippen LogP contribution in [0.3, 0.4) is 0 Å². The van der Waals surface area contributed by atoms with Crippen molar-refractivity contribution in [2.24, 2.45) is 7.05 Å². The van der Waals surface area contributed by atoms with Gasteiger partial charge >= 0.3 is 0 Å². The maximum atomic E-state index is 10.0. The second-order valence-corrected chi connectivity index (χ2v) is 3.45. The maximum absolute atomic E-state index is 10.0. The minimum Gasteiger partial charge on any atom is -0.309 e. The van der Waals surface area contributed by atoms with Crippen LogP contribution in [0.15, 0.2) is 5.16 Å². The van der Waals surface area contributed by atoms with Gasteiger partial charge in [0.1, 0.15) is 12.1 Å². The highest BCUT2D eigenvalue weighted by Gasteiger charge is 2.03. The summed E-state index contributed by atoms with van der Waals surface area (Å²) in [6.45, 7) is 1.90. The lowest BCUT2D eigenvalue weighted by atomic mass is 10.6. The fraction of sp³-hybridized carbons (Fsp3) is 0.571. The van der Waals surface area contributed by atoms with Crippen LogP contribution in [0.25, 0.3) is 0 Å². The van der Waals surface area contributed by atoms with Crippen LogP contribution in [0.2, 0.25) is 0 Å². The lowest BCUT2D eigenvalue weighted by Gasteiger charge is -1.97. The Morgan fingerprint density at radius 2 is 2.33 bits per heavy atom. The molecule has 1 rings (SSSR count). The Hall–Kier alpha value is -0.840. The first kappa shape index (κ1) is 9.25. The van der Waals surface area contributed by atoms with Gasteiger partial charge in [-0.05, 0) is 6.92 Å². The van der Waals surface area contributed by atoms with E-state index < -0.39 is 0 Å². The molecule has 0 unspecified atom stereocenters. The Morgan fingerprint density at radius 1 is 1.58 bits per heavy atom. The van der Waals surface area contributed by atoms with Gasteiger partial charge in [-0.2, -0.15) is 0 Å². The summed E-state index contributed by atoms with van der Waals surface area (Å²) in [6.07, 6.45) is 1.48. The normalized spacial score (nSPS) is 10.2. The topological polar surface area (TPSA) is 47.8 Å². The molecule has 0 fully saturated rings. The molecule has 1 aromatic heterocycles. The highest BCUT2D eigenvalue weighted by molar-refractivity contribution is 7.99. The molecule has 0 saturated heterocycles. The number of carbonyl (C=O) groups is 1. The lowest BCUT2D eigenvalue weighted by Crippen LogP contribution is -1.94. The quantitative estimate of drug-likeness (QED) is 0.395. The van der Waals surface area contributed by atoms with E-state index in [1.807, 2.05) is 18.5 Å². The molecule has 1 heterocycles. The van der Waals surface area contributed by atoms with E-state index in [1.54, 1.807) is 11.8 Å². The van der Waals surface area contributed by atoms with Crippen molar-refractivity contribution in [1.82, 2.24) is 14.8 Å². The Morgan fingerprint density at radius 3 is 2.83 bits per heavy atom. The van der Waals surface area contributed by atoms with E-state index in [4.69, 9.17) is 0 Å². The molecule has 66 valence electrons. The summed E-state index contributed by atoms with van der Waals surface area (Å²) in [5.74, 6) is 1.67. The molecule has 1 aromatic rings. The number of aldehydes is 1. The zero-order valence-corrected chi connectivity index (χ0v) is 7.97. The third kappa shape index (κ3) is 2.07. The SMILES string of the molecule is Cc1nnc(SCCC=O)n1C. The second-order valence-electron chi connectivity index (χ2n) is 2.39. The van der Waals surface area contributed by atoms with Crippen LogP contribution in [-0.2, 0) is 11.8 Å². The summed E-state index contributed by atoms with van der Waals surface area (Å²) < 4.78 is 1.91. The van der Waals surface area contributed by atoms with E-state index in [2.05, 4.69) is 10.2 Å². The Bertz CT molecular complexity index is 272. The standard InChI is InChI=1S/C7H11N3OS/c1-6-8-9-7(10(6)2)12-5-3-4-11/h4H,3,5H2,1-2H3. The Balaban J connectivity index is 2.51. The molecule has 0 aliphatic carbocycles. The van der Waals surface area contributed by atoms with Crippen LogP contribution in [0.4, 0.5) is 0 Å². The lowest BCUT2D eigenvalue weighted by molar-refractivity contribution is -0.107. The Labute approximate surface area is 75.4 Å². The predicted molar refractivity (Wildman–Crippen MR) is 47.1 cm³/mol. The van der Waals surface area contributed by atoms with Crippen LogP contribution in [0.5, 0.6) is 0 Å². The number of carbonyl (C=O) groups excluding carboxylic acids is 1. The highest BCUT2D eigenvalue weighted by Crippen LogP contribution is 2.15. The van der Waals surface area contributed by atoms with E-state index in [0.29, 0.717) is 6.42 Å². The summed E-state index contributed by atoms with van der Waals surface area (Å²) in [4.78, 5) is 10.0. The van der Waals surface area contributed by atoms with Gasteiger partial charge in [-0.1, -0.05) is 11.8 Å². The zero-order chi connectivity index (χ0) is 8.97. The van der Waals surface area contributed by atoms with Crippen molar-refractivity contribution in [3.05, 3.63) is 5.82 Å². The van der Waals surface area contributed by atoms with Gasteiger partial charge in [0.25, 0.3) is 0 Å². The molecule has 5 heteroatoms. The van der Waals surface area contributed by atoms with Crippen LogP contribution in [0, 0.1) is 6.92 Å². The first-order valence-electron chi connectivity index (χ1n) is 3.68. The zero-order valence-electron chi connectivity index (χ0n) is 7.15. The summed E-state index contributed by atoms with van der Waals surface area (Å²) in [6, 6.07) is 0. The molecule has 0 N–H and O–H groups in total. The van der Waals surface area contributed by atoms with Crippen molar-refractivity contribution in [1.29, 1.82) is 0 Å². The summed E-state index contributed by atoms with van der Waals surface area (Å²) in [7, 11) is 1.92.